The van der Waals surface area contributed by atoms with E-state index in [1.165, 1.54) is 18.2 Å². The molecule has 0 fully saturated rings. The zero-order valence-corrected chi connectivity index (χ0v) is 22.6. The van der Waals surface area contributed by atoms with E-state index in [1.54, 1.807) is 36.4 Å². The van der Waals surface area contributed by atoms with Gasteiger partial charge in [0.05, 0.1) is 16.9 Å². The van der Waals surface area contributed by atoms with Crippen molar-refractivity contribution in [3.8, 4) is 28.1 Å². The number of nitrogens with one attached hydrogen (secondary N) is 1. The van der Waals surface area contributed by atoms with E-state index in [0.717, 1.165) is 27.9 Å². The second kappa shape index (κ2) is 11.9. The Morgan fingerprint density at radius 1 is 0.833 bits per heavy atom. The van der Waals surface area contributed by atoms with Crippen LogP contribution in [-0.4, -0.2) is 32.8 Å². The fraction of sp³-hybridized carbons (Fsp3) is 0.0938. The summed E-state index contributed by atoms with van der Waals surface area (Å²) in [5, 5.41) is 17.2. The van der Waals surface area contributed by atoms with Crippen molar-refractivity contribution in [2.75, 3.05) is 0 Å². The molecule has 6 nitrogen and oxygen atoms in total. The molecular weight excluding hydrogens is 567 g/mol. The number of benzene rings is 4. The predicted molar refractivity (Wildman–Crippen MR) is 153 cm³/mol. The van der Waals surface area contributed by atoms with E-state index in [0.29, 0.717) is 21.8 Å². The second-order valence-corrected chi connectivity index (χ2v) is 9.95. The molecule has 0 aliphatic rings. The average molecular weight is 590 g/mol. The number of aliphatic carboxylic acids is 1. The van der Waals surface area contributed by atoms with Crippen LogP contribution < -0.4 is 5.32 Å². The highest BCUT2D eigenvalue weighted by molar-refractivity contribution is 6.30. The van der Waals surface area contributed by atoms with Gasteiger partial charge >= 0.3 is 12.1 Å². The smallest absolute Gasteiger partial charge is 0.416 e. The summed E-state index contributed by atoms with van der Waals surface area (Å²) >= 11 is 5.92. The van der Waals surface area contributed by atoms with Gasteiger partial charge in [0.1, 0.15) is 11.7 Å². The monoisotopic (exact) mass is 589 g/mol. The lowest BCUT2D eigenvalue weighted by molar-refractivity contribution is -0.139. The van der Waals surface area contributed by atoms with Crippen LogP contribution in [0.15, 0.2) is 109 Å². The molecule has 0 spiro atoms. The van der Waals surface area contributed by atoms with Crippen molar-refractivity contribution in [2.45, 2.75) is 18.6 Å². The number of carboxylic acids is 1. The molecule has 10 heteroatoms. The van der Waals surface area contributed by atoms with Crippen LogP contribution in [0.25, 0.3) is 28.1 Å². The molecule has 1 amide bonds. The van der Waals surface area contributed by atoms with Gasteiger partial charge in [0, 0.05) is 17.0 Å². The van der Waals surface area contributed by atoms with Crippen molar-refractivity contribution < 1.29 is 27.9 Å². The van der Waals surface area contributed by atoms with Gasteiger partial charge in [0.15, 0.2) is 0 Å². The van der Waals surface area contributed by atoms with Crippen LogP contribution in [0.4, 0.5) is 13.2 Å². The van der Waals surface area contributed by atoms with Gasteiger partial charge in [-0.05, 0) is 53.1 Å². The number of carbonyl (C=O) groups excluding carboxylic acids is 1. The molecule has 5 aromatic rings. The van der Waals surface area contributed by atoms with Crippen molar-refractivity contribution in [3.63, 3.8) is 0 Å². The van der Waals surface area contributed by atoms with E-state index < -0.39 is 29.7 Å². The number of hydrogen-bond acceptors (Lipinski definition) is 3. The fourth-order valence-corrected chi connectivity index (χ4v) is 4.57. The standard InChI is InChI=1S/C32H23ClF3N3O3/c33-25-15-9-20(10-16-25)17-28(31(41)42)37-30(40)29-19-27(23-13-11-22(12-14-23)21-5-2-1-3-6-21)38-39(29)26-8-4-7-24(18-26)32(34,35)36/h1-16,18-19,28H,17H2,(H,37,40)(H,41,42). The fourth-order valence-electron chi connectivity index (χ4n) is 4.45. The predicted octanol–water partition coefficient (Wildman–Crippen LogP) is 7.30. The molecule has 1 atom stereocenters. The summed E-state index contributed by atoms with van der Waals surface area (Å²) in [4.78, 5) is 25.5. The zero-order valence-electron chi connectivity index (χ0n) is 21.8. The molecule has 0 aliphatic carbocycles. The molecule has 2 N–H and O–H groups in total. The van der Waals surface area contributed by atoms with Crippen LogP contribution in [-0.2, 0) is 17.4 Å². The Labute approximate surface area is 244 Å². The van der Waals surface area contributed by atoms with E-state index in [9.17, 15) is 27.9 Å². The molecule has 0 aliphatic heterocycles. The van der Waals surface area contributed by atoms with E-state index in [2.05, 4.69) is 10.4 Å². The number of hydrogen-bond donors (Lipinski definition) is 2. The number of amides is 1. The summed E-state index contributed by atoms with van der Waals surface area (Å²) in [5.41, 5.74) is 2.46. The molecule has 4 aromatic carbocycles. The third-order valence-electron chi connectivity index (χ3n) is 6.60. The number of halogens is 4. The number of aromatic nitrogens is 2. The maximum atomic E-state index is 13.5. The van der Waals surface area contributed by atoms with Crippen molar-refractivity contribution in [3.05, 3.63) is 131 Å². The molecule has 1 unspecified atom stereocenters. The van der Waals surface area contributed by atoms with E-state index in [-0.39, 0.29) is 17.8 Å². The summed E-state index contributed by atoms with van der Waals surface area (Å²) in [6.07, 6.45) is -4.65. The van der Waals surface area contributed by atoms with E-state index in [1.807, 2.05) is 42.5 Å². The van der Waals surface area contributed by atoms with Gasteiger partial charge in [-0.25, -0.2) is 9.48 Å². The molecule has 0 saturated heterocycles. The molecule has 1 heterocycles. The van der Waals surface area contributed by atoms with Crippen LogP contribution in [0.2, 0.25) is 5.02 Å². The Morgan fingerprint density at radius 2 is 1.48 bits per heavy atom. The quantitative estimate of drug-likeness (QED) is 0.199. The zero-order chi connectivity index (χ0) is 29.9. The molecule has 0 bridgehead atoms. The molecule has 42 heavy (non-hydrogen) atoms. The summed E-state index contributed by atoms with van der Waals surface area (Å²) in [6, 6.07) is 28.0. The molecule has 212 valence electrons. The Morgan fingerprint density at radius 3 is 2.12 bits per heavy atom. The highest BCUT2D eigenvalue weighted by atomic mass is 35.5. The maximum absolute atomic E-state index is 13.5. The van der Waals surface area contributed by atoms with Crippen LogP contribution >= 0.6 is 11.6 Å². The first kappa shape index (κ1) is 28.6. The molecule has 0 radical (unpaired) electrons. The molecule has 1 aromatic heterocycles. The summed E-state index contributed by atoms with van der Waals surface area (Å²) in [5.74, 6) is -2.09. The number of nitrogens with zero attached hydrogens (tertiary/aromatic N) is 2. The van der Waals surface area contributed by atoms with Crippen molar-refractivity contribution >= 4 is 23.5 Å². The summed E-state index contributed by atoms with van der Waals surface area (Å²) in [7, 11) is 0. The lowest BCUT2D eigenvalue weighted by Gasteiger charge is -2.16. The van der Waals surface area contributed by atoms with Crippen molar-refractivity contribution in [1.29, 1.82) is 0 Å². The van der Waals surface area contributed by atoms with Gasteiger partial charge in [0.25, 0.3) is 5.91 Å². The van der Waals surface area contributed by atoms with Crippen molar-refractivity contribution in [2.24, 2.45) is 0 Å². The Hall–Kier alpha value is -4.89. The molecule has 0 saturated carbocycles. The third-order valence-corrected chi connectivity index (χ3v) is 6.86. The van der Waals surface area contributed by atoms with Crippen molar-refractivity contribution in [1.82, 2.24) is 15.1 Å². The summed E-state index contributed by atoms with van der Waals surface area (Å²) in [6.45, 7) is 0. The maximum Gasteiger partial charge on any atom is 0.416 e. The van der Waals surface area contributed by atoms with E-state index in [4.69, 9.17) is 11.6 Å². The van der Waals surface area contributed by atoms with Gasteiger partial charge < -0.3 is 10.4 Å². The minimum atomic E-state index is -4.62. The Kier molecular flexibility index (Phi) is 8.13. The van der Waals surface area contributed by atoms with Crippen LogP contribution in [0, 0.1) is 0 Å². The first-order valence-electron chi connectivity index (χ1n) is 12.8. The number of alkyl halides is 3. The lowest BCUT2D eigenvalue weighted by atomic mass is 10.0. The number of carboxylic acid groups (broad SMARTS) is 1. The minimum Gasteiger partial charge on any atom is -0.480 e. The van der Waals surface area contributed by atoms with Crippen LogP contribution in [0.3, 0.4) is 0 Å². The number of rotatable bonds is 8. The Balaban J connectivity index is 1.51. The molecule has 5 rings (SSSR count). The normalized spacial score (nSPS) is 12.1. The first-order valence-corrected chi connectivity index (χ1v) is 13.2. The summed E-state index contributed by atoms with van der Waals surface area (Å²) < 4.78 is 41.6. The van der Waals surface area contributed by atoms with Gasteiger partial charge in [-0.2, -0.15) is 18.3 Å². The lowest BCUT2D eigenvalue weighted by Crippen LogP contribution is -2.43. The van der Waals surface area contributed by atoms with Crippen LogP contribution in [0.5, 0.6) is 0 Å². The SMILES string of the molecule is O=C(NC(Cc1ccc(Cl)cc1)C(=O)O)c1cc(-c2ccc(-c3ccccc3)cc2)nn1-c1cccc(C(F)(F)F)c1. The second-order valence-electron chi connectivity index (χ2n) is 9.51. The largest absolute Gasteiger partial charge is 0.480 e. The minimum absolute atomic E-state index is 0.00768. The first-order chi connectivity index (χ1) is 20.1. The highest BCUT2D eigenvalue weighted by Gasteiger charge is 2.31. The van der Waals surface area contributed by atoms with Gasteiger partial charge in [0.2, 0.25) is 0 Å². The van der Waals surface area contributed by atoms with Gasteiger partial charge in [-0.15, -0.1) is 0 Å². The van der Waals surface area contributed by atoms with Gasteiger partial charge in [-0.1, -0.05) is 84.4 Å². The van der Waals surface area contributed by atoms with Gasteiger partial charge in [-0.3, -0.25) is 4.79 Å². The number of carbonyl (C=O) groups is 2. The third kappa shape index (κ3) is 6.53. The molecular formula is C32H23ClF3N3O3. The topological polar surface area (TPSA) is 84.2 Å². The van der Waals surface area contributed by atoms with E-state index >= 15 is 0 Å². The average Bonchev–Trinajstić information content (AvgIpc) is 3.44. The highest BCUT2D eigenvalue weighted by Crippen LogP contribution is 2.31. The van der Waals surface area contributed by atoms with Crippen LogP contribution in [0.1, 0.15) is 21.6 Å². The Bertz CT molecular complexity index is 1720.